The molecule has 0 bridgehead atoms. The van der Waals surface area contributed by atoms with E-state index in [0.717, 1.165) is 0 Å². The molecule has 0 aliphatic rings. The minimum absolute atomic E-state index is 0.0789. The number of amides is 3. The normalized spacial score (nSPS) is 14.6. The molecule has 0 rings (SSSR count). The summed E-state index contributed by atoms with van der Waals surface area (Å²) in [6, 6.07) is -5.27. The highest BCUT2D eigenvalue weighted by molar-refractivity contribution is 5.95. The predicted octanol–water partition coefficient (Wildman–Crippen LogP) is -1.11. The Balaban J connectivity index is 5.42. The molecule has 0 aromatic heterocycles. The van der Waals surface area contributed by atoms with Crippen molar-refractivity contribution in [2.75, 3.05) is 0 Å². The van der Waals surface area contributed by atoms with Gasteiger partial charge in [0, 0.05) is 6.42 Å². The number of hydrogen-bond donors (Lipinski definition) is 7. The Morgan fingerprint density at radius 1 is 0.758 bits per heavy atom. The van der Waals surface area contributed by atoms with E-state index in [4.69, 9.17) is 15.9 Å². The molecule has 0 radical (unpaired) electrons. The van der Waals surface area contributed by atoms with Crippen molar-refractivity contribution in [3.63, 3.8) is 0 Å². The fraction of sp³-hybridized carbons (Fsp3) is 0.700. The van der Waals surface area contributed by atoms with Gasteiger partial charge in [0.25, 0.3) is 0 Å². The number of nitrogens with two attached hydrogens (primary N) is 1. The molecule has 8 N–H and O–H groups in total. The van der Waals surface area contributed by atoms with Gasteiger partial charge in [-0.2, -0.15) is 0 Å². The second-order valence-electron chi connectivity index (χ2n) is 8.46. The lowest BCUT2D eigenvalue weighted by Gasteiger charge is -2.26. The monoisotopic (exact) mass is 474 g/mol. The van der Waals surface area contributed by atoms with Crippen molar-refractivity contribution in [3.8, 4) is 0 Å². The van der Waals surface area contributed by atoms with Gasteiger partial charge in [0.15, 0.2) is 0 Å². The molecule has 0 aliphatic carbocycles. The van der Waals surface area contributed by atoms with Crippen LogP contribution in [0.2, 0.25) is 0 Å². The van der Waals surface area contributed by atoms with Gasteiger partial charge in [0.2, 0.25) is 17.7 Å². The number of aliphatic carboxylic acids is 3. The fourth-order valence-corrected chi connectivity index (χ4v) is 2.82. The number of hydrogen-bond acceptors (Lipinski definition) is 7. The van der Waals surface area contributed by atoms with Gasteiger partial charge < -0.3 is 37.0 Å². The van der Waals surface area contributed by atoms with Crippen LogP contribution < -0.4 is 21.7 Å². The Bertz CT molecular complexity index is 739. The Morgan fingerprint density at radius 3 is 1.73 bits per heavy atom. The van der Waals surface area contributed by atoms with Crippen LogP contribution in [0.5, 0.6) is 0 Å². The molecule has 0 spiro atoms. The largest absolute Gasteiger partial charge is 0.481 e. The van der Waals surface area contributed by atoms with Crippen LogP contribution in [0, 0.1) is 11.8 Å². The summed E-state index contributed by atoms with van der Waals surface area (Å²) in [5.74, 6) is -7.09. The van der Waals surface area contributed by atoms with Gasteiger partial charge in [-0.1, -0.05) is 27.7 Å². The molecule has 33 heavy (non-hydrogen) atoms. The molecule has 188 valence electrons. The van der Waals surface area contributed by atoms with Crippen molar-refractivity contribution in [2.24, 2.45) is 17.6 Å². The molecule has 0 fully saturated rings. The number of nitrogens with one attached hydrogen (secondary N) is 3. The maximum atomic E-state index is 12.8. The van der Waals surface area contributed by atoms with Gasteiger partial charge in [-0.3, -0.25) is 24.0 Å². The third-order valence-corrected chi connectivity index (χ3v) is 4.59. The summed E-state index contributed by atoms with van der Waals surface area (Å²) in [6.45, 7) is 6.66. The van der Waals surface area contributed by atoms with Gasteiger partial charge >= 0.3 is 17.9 Å². The second kappa shape index (κ2) is 14.0. The van der Waals surface area contributed by atoms with Gasteiger partial charge in [-0.05, 0) is 24.7 Å². The number of carboxylic acid groups (broad SMARTS) is 3. The van der Waals surface area contributed by atoms with Crippen LogP contribution in [0.1, 0.15) is 53.4 Å². The Hall–Kier alpha value is -3.22. The van der Waals surface area contributed by atoms with E-state index in [0.29, 0.717) is 0 Å². The molecule has 13 nitrogen and oxygen atoms in total. The van der Waals surface area contributed by atoms with E-state index in [1.807, 2.05) is 0 Å². The number of rotatable bonds is 15. The molecule has 4 unspecified atom stereocenters. The van der Waals surface area contributed by atoms with Gasteiger partial charge in [0.1, 0.15) is 18.1 Å². The predicted molar refractivity (Wildman–Crippen MR) is 115 cm³/mol. The zero-order chi connectivity index (χ0) is 25.9. The highest BCUT2D eigenvalue weighted by Crippen LogP contribution is 2.08. The first-order chi connectivity index (χ1) is 15.1. The Labute approximate surface area is 191 Å². The van der Waals surface area contributed by atoms with Crippen molar-refractivity contribution in [3.05, 3.63) is 0 Å². The number of carbonyl (C=O) groups excluding carboxylic acids is 3. The van der Waals surface area contributed by atoms with Gasteiger partial charge in [0.05, 0.1) is 12.5 Å². The van der Waals surface area contributed by atoms with Crippen LogP contribution in [-0.2, 0) is 28.8 Å². The molecule has 0 saturated carbocycles. The molecular formula is C20H34N4O9. The zero-order valence-corrected chi connectivity index (χ0v) is 19.2. The van der Waals surface area contributed by atoms with Crippen molar-refractivity contribution in [2.45, 2.75) is 77.5 Å². The fourth-order valence-electron chi connectivity index (χ4n) is 2.82. The third-order valence-electron chi connectivity index (χ3n) is 4.59. The quantitative estimate of drug-likeness (QED) is 0.151. The molecular weight excluding hydrogens is 440 g/mol. The van der Waals surface area contributed by atoms with E-state index >= 15 is 0 Å². The summed E-state index contributed by atoms with van der Waals surface area (Å²) in [5, 5.41) is 34.0. The van der Waals surface area contributed by atoms with Crippen LogP contribution in [0.4, 0.5) is 0 Å². The Morgan fingerprint density at radius 2 is 1.30 bits per heavy atom. The van der Waals surface area contributed by atoms with Gasteiger partial charge in [-0.15, -0.1) is 0 Å². The minimum Gasteiger partial charge on any atom is -0.481 e. The van der Waals surface area contributed by atoms with Crippen molar-refractivity contribution < 1.29 is 44.1 Å². The lowest BCUT2D eigenvalue weighted by Crippen LogP contribution is -2.58. The van der Waals surface area contributed by atoms with E-state index in [-0.39, 0.29) is 25.2 Å². The number of carboxylic acids is 3. The first-order valence-electron chi connectivity index (χ1n) is 10.5. The smallest absolute Gasteiger partial charge is 0.326 e. The van der Waals surface area contributed by atoms with Crippen LogP contribution in [0.25, 0.3) is 0 Å². The van der Waals surface area contributed by atoms with Crippen molar-refractivity contribution >= 4 is 35.6 Å². The summed E-state index contributed by atoms with van der Waals surface area (Å²) in [5.41, 5.74) is 5.65. The van der Waals surface area contributed by atoms with E-state index < -0.39 is 72.1 Å². The average Bonchev–Trinajstić information content (AvgIpc) is 2.67. The maximum Gasteiger partial charge on any atom is 0.326 e. The highest BCUT2D eigenvalue weighted by atomic mass is 16.4. The number of carbonyl (C=O) groups is 6. The van der Waals surface area contributed by atoms with E-state index in [2.05, 4.69) is 16.0 Å². The van der Waals surface area contributed by atoms with E-state index in [1.165, 1.54) is 0 Å². The highest BCUT2D eigenvalue weighted by Gasteiger charge is 2.33. The standard InChI is InChI=1S/C20H34N4O9/c1-9(2)7-13(20(32)33)23-18(30)12(8-15(27)28)22-19(31)16(10(3)4)24-17(29)11(21)5-6-14(25)26/h9-13,16H,5-8,21H2,1-4H3,(H,22,31)(H,23,30)(H,24,29)(H,25,26)(H,27,28)(H,32,33). The zero-order valence-electron chi connectivity index (χ0n) is 19.2. The minimum atomic E-state index is -1.59. The first kappa shape index (κ1) is 29.8. The molecule has 0 saturated heterocycles. The van der Waals surface area contributed by atoms with Crippen LogP contribution >= 0.6 is 0 Å². The van der Waals surface area contributed by atoms with Crippen molar-refractivity contribution in [1.29, 1.82) is 0 Å². The maximum absolute atomic E-state index is 12.8. The molecule has 0 heterocycles. The van der Waals surface area contributed by atoms with Crippen molar-refractivity contribution in [1.82, 2.24) is 16.0 Å². The Kier molecular flexibility index (Phi) is 12.7. The van der Waals surface area contributed by atoms with Crippen LogP contribution in [0.3, 0.4) is 0 Å². The van der Waals surface area contributed by atoms with Gasteiger partial charge in [-0.25, -0.2) is 4.79 Å². The average molecular weight is 475 g/mol. The SMILES string of the molecule is CC(C)CC(NC(=O)C(CC(=O)O)NC(=O)C(NC(=O)C(N)CCC(=O)O)C(C)C)C(=O)O. The molecule has 4 atom stereocenters. The first-order valence-corrected chi connectivity index (χ1v) is 10.5. The second-order valence-corrected chi connectivity index (χ2v) is 8.46. The molecule has 0 aromatic rings. The third kappa shape index (κ3) is 11.8. The lowest BCUT2D eigenvalue weighted by molar-refractivity contribution is -0.144. The molecule has 0 aliphatic heterocycles. The van der Waals surface area contributed by atoms with E-state index in [1.54, 1.807) is 27.7 Å². The summed E-state index contributed by atoms with van der Waals surface area (Å²) in [4.78, 5) is 70.8. The summed E-state index contributed by atoms with van der Waals surface area (Å²) in [7, 11) is 0. The van der Waals surface area contributed by atoms with Crippen LogP contribution in [-0.4, -0.2) is 75.1 Å². The van der Waals surface area contributed by atoms with E-state index in [9.17, 15) is 33.9 Å². The lowest BCUT2D eigenvalue weighted by atomic mass is 10.0. The summed E-state index contributed by atoms with van der Waals surface area (Å²) < 4.78 is 0. The summed E-state index contributed by atoms with van der Waals surface area (Å²) >= 11 is 0. The van der Waals surface area contributed by atoms with Crippen LogP contribution in [0.15, 0.2) is 0 Å². The molecule has 0 aromatic carbocycles. The molecule has 3 amide bonds. The topological polar surface area (TPSA) is 225 Å². The molecule has 13 heteroatoms. The summed E-state index contributed by atoms with van der Waals surface area (Å²) in [6.07, 6.45) is -1.24.